The van der Waals surface area contributed by atoms with Crippen LogP contribution in [0.25, 0.3) is 5.76 Å². The number of halogens is 1. The van der Waals surface area contributed by atoms with Crippen molar-refractivity contribution in [2.75, 3.05) is 27.4 Å². The summed E-state index contributed by atoms with van der Waals surface area (Å²) >= 11 is 0. The van der Waals surface area contributed by atoms with Crippen LogP contribution < -0.4 is 9.47 Å². The lowest BCUT2D eigenvalue weighted by Crippen LogP contribution is -2.33. The Hall–Kier alpha value is -3.39. The Morgan fingerprint density at radius 2 is 1.72 bits per heavy atom. The summed E-state index contributed by atoms with van der Waals surface area (Å²) in [5.41, 5.74) is 0.696. The molecular weight excluding hydrogens is 417 g/mol. The molecule has 1 atom stereocenters. The van der Waals surface area contributed by atoms with Crippen molar-refractivity contribution >= 4 is 17.4 Å². The van der Waals surface area contributed by atoms with Crippen LogP contribution in [-0.4, -0.2) is 55.2 Å². The number of methoxy groups -OCH3 is 2. The fraction of sp³-hybridized carbons (Fsp3) is 0.333. The second-order valence-electron chi connectivity index (χ2n) is 7.53. The summed E-state index contributed by atoms with van der Waals surface area (Å²) in [5, 5.41) is 11.1. The molecule has 1 aliphatic rings. The van der Waals surface area contributed by atoms with E-state index in [0.717, 1.165) is 0 Å². The minimum absolute atomic E-state index is 0.0529. The van der Waals surface area contributed by atoms with Crippen LogP contribution in [0, 0.1) is 5.82 Å². The highest BCUT2D eigenvalue weighted by Crippen LogP contribution is 2.40. The van der Waals surface area contributed by atoms with Crippen LogP contribution in [0.4, 0.5) is 4.39 Å². The summed E-state index contributed by atoms with van der Waals surface area (Å²) in [7, 11) is 2.94. The number of ketones is 1. The summed E-state index contributed by atoms with van der Waals surface area (Å²) < 4.78 is 29.6. The summed E-state index contributed by atoms with van der Waals surface area (Å²) in [5.74, 6) is -1.58. The average Bonchev–Trinajstić information content (AvgIpc) is 3.03. The number of ether oxygens (including phenoxy) is 3. The Morgan fingerprint density at radius 1 is 1.06 bits per heavy atom. The number of Topliss-reactive ketones (excluding diaryl/α,β-unsaturated/α-hetero) is 1. The Morgan fingerprint density at radius 3 is 2.31 bits per heavy atom. The van der Waals surface area contributed by atoms with Crippen LogP contribution in [0.15, 0.2) is 48.0 Å². The van der Waals surface area contributed by atoms with Gasteiger partial charge in [-0.25, -0.2) is 4.39 Å². The Kier molecular flexibility index (Phi) is 7.15. The second-order valence-corrected chi connectivity index (χ2v) is 7.53. The fourth-order valence-electron chi connectivity index (χ4n) is 3.63. The molecule has 0 aliphatic carbocycles. The van der Waals surface area contributed by atoms with Gasteiger partial charge in [-0.05, 0) is 49.7 Å². The van der Waals surface area contributed by atoms with Crippen LogP contribution in [0.2, 0.25) is 0 Å². The van der Waals surface area contributed by atoms with Gasteiger partial charge >= 0.3 is 0 Å². The number of hydrogen-bond donors (Lipinski definition) is 1. The molecule has 170 valence electrons. The van der Waals surface area contributed by atoms with Crippen molar-refractivity contribution in [1.29, 1.82) is 0 Å². The van der Waals surface area contributed by atoms with E-state index in [4.69, 9.17) is 14.2 Å². The van der Waals surface area contributed by atoms with E-state index in [-0.39, 0.29) is 36.2 Å². The van der Waals surface area contributed by atoms with Gasteiger partial charge in [-0.15, -0.1) is 0 Å². The zero-order chi connectivity index (χ0) is 23.4. The molecule has 1 aliphatic heterocycles. The maximum atomic E-state index is 13.5. The van der Waals surface area contributed by atoms with Crippen molar-refractivity contribution in [2.24, 2.45) is 0 Å². The van der Waals surface area contributed by atoms with E-state index < -0.39 is 23.5 Å². The van der Waals surface area contributed by atoms with Gasteiger partial charge in [0, 0.05) is 12.1 Å². The highest BCUT2D eigenvalue weighted by Gasteiger charge is 2.46. The number of aliphatic hydroxyl groups excluding tert-OH is 1. The van der Waals surface area contributed by atoms with Crippen molar-refractivity contribution in [3.05, 3.63) is 65.0 Å². The molecule has 7 nitrogen and oxygen atoms in total. The zero-order valence-electron chi connectivity index (χ0n) is 18.4. The first-order chi connectivity index (χ1) is 15.3. The van der Waals surface area contributed by atoms with Crippen molar-refractivity contribution in [3.63, 3.8) is 0 Å². The molecule has 0 bridgehead atoms. The fourth-order valence-corrected chi connectivity index (χ4v) is 3.63. The molecule has 2 aromatic carbocycles. The molecule has 1 heterocycles. The second kappa shape index (κ2) is 9.82. The summed E-state index contributed by atoms with van der Waals surface area (Å²) in [4.78, 5) is 27.2. The standard InChI is InChI=1S/C24H26FNO6/c1-14(2)32-12-11-26-21(15-5-8-17(25)9-6-15)20(23(28)24(26)29)22(27)16-7-10-18(30-3)19(13-16)31-4/h5-10,13-14,21,27H,11-12H2,1-4H3/b22-20-. The molecule has 32 heavy (non-hydrogen) atoms. The molecule has 1 fully saturated rings. The number of amides is 1. The van der Waals surface area contributed by atoms with Crippen LogP contribution in [0.5, 0.6) is 11.5 Å². The predicted octanol–water partition coefficient (Wildman–Crippen LogP) is 3.69. The molecule has 1 amide bonds. The number of benzene rings is 2. The molecule has 1 N–H and O–H groups in total. The first-order valence-electron chi connectivity index (χ1n) is 10.2. The minimum Gasteiger partial charge on any atom is -0.507 e. The molecule has 0 saturated carbocycles. The number of nitrogens with zero attached hydrogens (tertiary/aromatic N) is 1. The normalized spacial score (nSPS) is 17.8. The largest absolute Gasteiger partial charge is 0.507 e. The molecule has 8 heteroatoms. The van der Waals surface area contributed by atoms with Crippen LogP contribution in [0.1, 0.15) is 31.0 Å². The van der Waals surface area contributed by atoms with E-state index in [0.29, 0.717) is 17.1 Å². The highest BCUT2D eigenvalue weighted by molar-refractivity contribution is 6.46. The maximum Gasteiger partial charge on any atom is 0.295 e. The van der Waals surface area contributed by atoms with Crippen molar-refractivity contribution < 1.29 is 33.3 Å². The van der Waals surface area contributed by atoms with Gasteiger partial charge in [0.2, 0.25) is 0 Å². The monoisotopic (exact) mass is 443 g/mol. The predicted molar refractivity (Wildman–Crippen MR) is 116 cm³/mol. The van der Waals surface area contributed by atoms with Crippen LogP contribution in [0.3, 0.4) is 0 Å². The van der Waals surface area contributed by atoms with E-state index in [1.807, 2.05) is 13.8 Å². The Labute approximate surface area is 186 Å². The third kappa shape index (κ3) is 4.60. The molecule has 2 aromatic rings. The van der Waals surface area contributed by atoms with E-state index in [2.05, 4.69) is 0 Å². The van der Waals surface area contributed by atoms with Gasteiger partial charge in [-0.2, -0.15) is 0 Å². The van der Waals surface area contributed by atoms with Crippen LogP contribution >= 0.6 is 0 Å². The summed E-state index contributed by atoms with van der Waals surface area (Å²) in [6.45, 7) is 4.07. The lowest BCUT2D eigenvalue weighted by atomic mass is 9.95. The van der Waals surface area contributed by atoms with Gasteiger partial charge in [-0.1, -0.05) is 12.1 Å². The van der Waals surface area contributed by atoms with Gasteiger partial charge < -0.3 is 24.2 Å². The molecular formula is C24H26FNO6. The molecule has 0 spiro atoms. The van der Waals surface area contributed by atoms with Gasteiger partial charge in [0.15, 0.2) is 11.5 Å². The topological polar surface area (TPSA) is 85.3 Å². The molecule has 0 radical (unpaired) electrons. The quantitative estimate of drug-likeness (QED) is 0.381. The SMILES string of the molecule is COc1ccc(/C(O)=C2/C(=O)C(=O)N(CCOC(C)C)C2c2ccc(F)cc2)cc1OC. The summed E-state index contributed by atoms with van der Waals surface area (Å²) in [6.07, 6.45) is -0.0529. The third-order valence-electron chi connectivity index (χ3n) is 5.17. The number of aliphatic hydroxyl groups is 1. The first kappa shape index (κ1) is 23.3. The Bertz CT molecular complexity index is 1030. The van der Waals surface area contributed by atoms with Gasteiger partial charge in [0.1, 0.15) is 11.6 Å². The van der Waals surface area contributed by atoms with Crippen LogP contribution in [-0.2, 0) is 14.3 Å². The van der Waals surface area contributed by atoms with E-state index in [9.17, 15) is 19.1 Å². The van der Waals surface area contributed by atoms with E-state index in [1.165, 1.54) is 49.5 Å². The van der Waals surface area contributed by atoms with Crippen molar-refractivity contribution in [3.8, 4) is 11.5 Å². The first-order valence-corrected chi connectivity index (χ1v) is 10.2. The number of rotatable bonds is 8. The molecule has 1 saturated heterocycles. The molecule has 1 unspecified atom stereocenters. The van der Waals surface area contributed by atoms with Gasteiger partial charge in [0.25, 0.3) is 11.7 Å². The number of likely N-dealkylation sites (tertiary alicyclic amines) is 1. The number of carbonyl (C=O) groups excluding carboxylic acids is 2. The zero-order valence-corrected chi connectivity index (χ0v) is 18.4. The van der Waals surface area contributed by atoms with E-state index in [1.54, 1.807) is 12.1 Å². The molecule has 3 rings (SSSR count). The maximum absolute atomic E-state index is 13.5. The van der Waals surface area contributed by atoms with Gasteiger partial charge in [-0.3, -0.25) is 9.59 Å². The lowest BCUT2D eigenvalue weighted by Gasteiger charge is -2.25. The lowest BCUT2D eigenvalue weighted by molar-refractivity contribution is -0.140. The average molecular weight is 443 g/mol. The van der Waals surface area contributed by atoms with E-state index >= 15 is 0 Å². The van der Waals surface area contributed by atoms with Crippen molar-refractivity contribution in [2.45, 2.75) is 26.0 Å². The minimum atomic E-state index is -0.889. The number of hydrogen-bond acceptors (Lipinski definition) is 6. The van der Waals surface area contributed by atoms with Crippen molar-refractivity contribution in [1.82, 2.24) is 4.90 Å². The molecule has 0 aromatic heterocycles. The smallest absolute Gasteiger partial charge is 0.295 e. The third-order valence-corrected chi connectivity index (χ3v) is 5.17. The summed E-state index contributed by atoms with van der Waals surface area (Å²) in [6, 6.07) is 9.26. The Balaban J connectivity index is 2.11. The van der Waals surface area contributed by atoms with Gasteiger partial charge in [0.05, 0.1) is 38.5 Å². The number of carbonyl (C=O) groups is 2. The highest BCUT2D eigenvalue weighted by atomic mass is 19.1.